The summed E-state index contributed by atoms with van der Waals surface area (Å²) in [4.78, 5) is 28.1. The van der Waals surface area contributed by atoms with Crippen LogP contribution in [0.2, 0.25) is 0 Å². The van der Waals surface area contributed by atoms with Gasteiger partial charge in [-0.25, -0.2) is 8.78 Å². The normalized spacial score (nSPS) is 20.8. The third-order valence-corrected chi connectivity index (χ3v) is 4.77. The van der Waals surface area contributed by atoms with Crippen molar-refractivity contribution in [3.8, 4) is 5.75 Å². The highest BCUT2D eigenvalue weighted by Crippen LogP contribution is 2.23. The second-order valence-corrected chi connectivity index (χ2v) is 6.44. The fourth-order valence-electron chi connectivity index (χ4n) is 3.35. The number of rotatable bonds is 3. The van der Waals surface area contributed by atoms with E-state index in [1.54, 1.807) is 4.90 Å². The quantitative estimate of drug-likeness (QED) is 0.817. The second-order valence-electron chi connectivity index (χ2n) is 6.44. The molecule has 0 aromatic heterocycles. The van der Waals surface area contributed by atoms with Crippen molar-refractivity contribution in [2.45, 2.75) is 25.4 Å². The molecule has 142 valence electrons. The van der Waals surface area contributed by atoms with Gasteiger partial charge >= 0.3 is 0 Å². The van der Waals surface area contributed by atoms with Crippen LogP contribution in [0.5, 0.6) is 5.75 Å². The third-order valence-electron chi connectivity index (χ3n) is 4.77. The van der Waals surface area contributed by atoms with E-state index in [0.29, 0.717) is 39.1 Å². The van der Waals surface area contributed by atoms with Gasteiger partial charge in [-0.3, -0.25) is 9.59 Å². The van der Waals surface area contributed by atoms with Crippen LogP contribution in [0, 0.1) is 11.6 Å². The molecule has 3 rings (SSSR count). The first-order chi connectivity index (χ1) is 12.5. The Bertz CT molecular complexity index is 669. The van der Waals surface area contributed by atoms with Gasteiger partial charge in [0, 0.05) is 44.9 Å². The first kappa shape index (κ1) is 18.6. The maximum absolute atomic E-state index is 14.2. The number of halogens is 2. The Morgan fingerprint density at radius 1 is 1.08 bits per heavy atom. The lowest BCUT2D eigenvalue weighted by atomic mass is 10.1. The zero-order chi connectivity index (χ0) is 18.7. The molecule has 6 nitrogen and oxygen atoms in total. The largest absolute Gasteiger partial charge is 0.497 e. The van der Waals surface area contributed by atoms with Crippen molar-refractivity contribution in [2.75, 3.05) is 39.9 Å². The Kier molecular flexibility index (Phi) is 5.70. The van der Waals surface area contributed by atoms with Crippen molar-refractivity contribution in [1.82, 2.24) is 9.80 Å². The van der Waals surface area contributed by atoms with E-state index >= 15 is 0 Å². The number of carbonyl (C=O) groups is 2. The smallest absolute Gasteiger partial charge is 0.259 e. The van der Waals surface area contributed by atoms with Gasteiger partial charge in [0.05, 0.1) is 7.11 Å². The minimum atomic E-state index is -0.955. The van der Waals surface area contributed by atoms with E-state index in [2.05, 4.69) is 0 Å². The first-order valence-electron chi connectivity index (χ1n) is 8.74. The lowest BCUT2D eigenvalue weighted by Gasteiger charge is -2.24. The number of methoxy groups -OCH3 is 1. The minimum Gasteiger partial charge on any atom is -0.497 e. The predicted molar refractivity (Wildman–Crippen MR) is 89.0 cm³/mol. The van der Waals surface area contributed by atoms with E-state index in [-0.39, 0.29) is 18.2 Å². The van der Waals surface area contributed by atoms with Crippen LogP contribution in [-0.4, -0.2) is 67.6 Å². The van der Waals surface area contributed by atoms with Crippen molar-refractivity contribution < 1.29 is 27.8 Å². The summed E-state index contributed by atoms with van der Waals surface area (Å²) in [5.74, 6) is -2.68. The summed E-state index contributed by atoms with van der Waals surface area (Å²) in [6, 6.07) is 1.97. The lowest BCUT2D eigenvalue weighted by molar-refractivity contribution is -0.140. The molecule has 2 heterocycles. The molecule has 1 aromatic carbocycles. The molecule has 0 N–H and O–H groups in total. The van der Waals surface area contributed by atoms with E-state index in [0.717, 1.165) is 18.6 Å². The van der Waals surface area contributed by atoms with Gasteiger partial charge in [-0.1, -0.05) is 0 Å². The molecule has 0 radical (unpaired) electrons. The number of benzene rings is 1. The molecule has 2 aliphatic heterocycles. The maximum Gasteiger partial charge on any atom is 0.259 e. The van der Waals surface area contributed by atoms with Crippen LogP contribution in [0.15, 0.2) is 12.1 Å². The number of hydrogen-bond acceptors (Lipinski definition) is 4. The number of hydrogen-bond donors (Lipinski definition) is 0. The van der Waals surface area contributed by atoms with Gasteiger partial charge in [0.15, 0.2) is 0 Å². The second kappa shape index (κ2) is 7.99. The fourth-order valence-corrected chi connectivity index (χ4v) is 3.35. The van der Waals surface area contributed by atoms with Crippen molar-refractivity contribution >= 4 is 11.8 Å². The van der Waals surface area contributed by atoms with Crippen LogP contribution >= 0.6 is 0 Å². The Balaban J connectivity index is 1.69. The first-order valence-corrected chi connectivity index (χ1v) is 8.74. The van der Waals surface area contributed by atoms with Gasteiger partial charge in [-0.05, 0) is 19.3 Å². The number of carbonyl (C=O) groups excluding carboxylic acids is 2. The van der Waals surface area contributed by atoms with E-state index in [4.69, 9.17) is 9.47 Å². The van der Waals surface area contributed by atoms with Gasteiger partial charge in [-0.2, -0.15) is 0 Å². The predicted octanol–water partition coefficient (Wildman–Crippen LogP) is 1.83. The molecule has 2 saturated heterocycles. The topological polar surface area (TPSA) is 59.1 Å². The lowest BCUT2D eigenvalue weighted by Crippen LogP contribution is -2.42. The summed E-state index contributed by atoms with van der Waals surface area (Å²) in [7, 11) is 1.30. The summed E-state index contributed by atoms with van der Waals surface area (Å²) in [5.41, 5.74) is -0.593. The zero-order valence-electron chi connectivity index (χ0n) is 14.7. The monoisotopic (exact) mass is 368 g/mol. The Labute approximate surface area is 150 Å². The summed E-state index contributed by atoms with van der Waals surface area (Å²) in [5, 5.41) is 0. The van der Waals surface area contributed by atoms with Gasteiger partial charge in [0.1, 0.15) is 29.1 Å². The molecule has 0 aliphatic carbocycles. The van der Waals surface area contributed by atoms with Crippen molar-refractivity contribution in [2.24, 2.45) is 0 Å². The van der Waals surface area contributed by atoms with Gasteiger partial charge in [0.2, 0.25) is 0 Å². The number of amides is 2. The van der Waals surface area contributed by atoms with E-state index < -0.39 is 29.2 Å². The third kappa shape index (κ3) is 3.80. The molecule has 2 amide bonds. The fraction of sp³-hybridized carbons (Fsp3) is 0.556. The van der Waals surface area contributed by atoms with Gasteiger partial charge in [-0.15, -0.1) is 0 Å². The van der Waals surface area contributed by atoms with Crippen LogP contribution in [-0.2, 0) is 9.53 Å². The highest BCUT2D eigenvalue weighted by Gasteiger charge is 2.31. The molecule has 0 saturated carbocycles. The molecule has 8 heteroatoms. The molecular weight excluding hydrogens is 346 g/mol. The van der Waals surface area contributed by atoms with Gasteiger partial charge < -0.3 is 19.3 Å². The highest BCUT2D eigenvalue weighted by atomic mass is 19.1. The average molecular weight is 368 g/mol. The molecule has 0 bridgehead atoms. The van der Waals surface area contributed by atoms with Crippen LogP contribution in [0.25, 0.3) is 0 Å². The number of ether oxygens (including phenoxy) is 2. The molecule has 1 atom stereocenters. The van der Waals surface area contributed by atoms with E-state index in [1.165, 1.54) is 12.0 Å². The van der Waals surface area contributed by atoms with Crippen LogP contribution in [0.4, 0.5) is 8.78 Å². The molecule has 1 aromatic rings. The summed E-state index contributed by atoms with van der Waals surface area (Å²) in [6.45, 7) is 1.96. The Morgan fingerprint density at radius 3 is 2.35 bits per heavy atom. The maximum atomic E-state index is 14.2. The summed E-state index contributed by atoms with van der Waals surface area (Å²) < 4.78 is 38.6. The van der Waals surface area contributed by atoms with Crippen LogP contribution in [0.1, 0.15) is 29.6 Å². The molecule has 2 aliphatic rings. The molecular formula is C18H22F2N2O4. The van der Waals surface area contributed by atoms with Crippen molar-refractivity contribution in [1.29, 1.82) is 0 Å². The van der Waals surface area contributed by atoms with Crippen LogP contribution < -0.4 is 4.74 Å². The standard InChI is InChI=1S/C18H22F2N2O4/c1-25-12-10-13(19)16(14(20)11-12)18(24)22-6-3-5-21(7-8-22)17(23)15-4-2-9-26-15/h10-11,15H,2-9H2,1H3/t15-/m1/s1. The Morgan fingerprint density at radius 2 is 1.73 bits per heavy atom. The van der Waals surface area contributed by atoms with Crippen molar-refractivity contribution in [3.05, 3.63) is 29.3 Å². The number of nitrogens with zero attached hydrogens (tertiary/aromatic N) is 2. The summed E-state index contributed by atoms with van der Waals surface area (Å²) >= 11 is 0. The van der Waals surface area contributed by atoms with Gasteiger partial charge in [0.25, 0.3) is 11.8 Å². The molecule has 26 heavy (non-hydrogen) atoms. The van der Waals surface area contributed by atoms with E-state index in [1.807, 2.05) is 0 Å². The van der Waals surface area contributed by atoms with Crippen molar-refractivity contribution in [3.63, 3.8) is 0 Å². The molecule has 0 spiro atoms. The van der Waals surface area contributed by atoms with E-state index in [9.17, 15) is 18.4 Å². The molecule has 0 unspecified atom stereocenters. The minimum absolute atomic E-state index is 0.0146. The Hall–Kier alpha value is -2.22. The zero-order valence-corrected chi connectivity index (χ0v) is 14.7. The summed E-state index contributed by atoms with van der Waals surface area (Å²) in [6.07, 6.45) is 1.71. The van der Waals surface area contributed by atoms with Crippen LogP contribution in [0.3, 0.4) is 0 Å². The SMILES string of the molecule is COc1cc(F)c(C(=O)N2CCCN(C(=O)[C@H]3CCCO3)CC2)c(F)c1. The highest BCUT2D eigenvalue weighted by molar-refractivity contribution is 5.95. The molecule has 2 fully saturated rings. The average Bonchev–Trinajstić information content (AvgIpc) is 3.04.